The highest BCUT2D eigenvalue weighted by atomic mass is 16.5. The summed E-state index contributed by atoms with van der Waals surface area (Å²) in [6.07, 6.45) is 4.61. The number of carboxylic acids is 1. The van der Waals surface area contributed by atoms with Crippen molar-refractivity contribution in [2.75, 3.05) is 0 Å². The predicted octanol–water partition coefficient (Wildman–Crippen LogP) is 6.53. The quantitative estimate of drug-likeness (QED) is 0.280. The number of ether oxygens (including phenoxy) is 1. The Hall–Kier alpha value is -3.67. The highest BCUT2D eigenvalue weighted by Crippen LogP contribution is 2.43. The Morgan fingerprint density at radius 2 is 1.79 bits per heavy atom. The van der Waals surface area contributed by atoms with Gasteiger partial charge in [0.2, 0.25) is 11.6 Å². The maximum atomic E-state index is 10.8. The van der Waals surface area contributed by atoms with Crippen LogP contribution in [0.5, 0.6) is 5.88 Å². The largest absolute Gasteiger partial charge is 0.481 e. The highest BCUT2D eigenvalue weighted by Gasteiger charge is 2.23. The number of nitrogens with zero attached hydrogens (tertiary/aromatic N) is 2. The number of fused-ring (bicyclic) bond motifs is 1. The fourth-order valence-electron chi connectivity index (χ4n) is 3.93. The van der Waals surface area contributed by atoms with Gasteiger partial charge in [-0.25, -0.2) is 9.97 Å². The van der Waals surface area contributed by atoms with E-state index in [9.17, 15) is 4.79 Å². The van der Waals surface area contributed by atoms with Crippen molar-refractivity contribution in [1.29, 1.82) is 0 Å². The summed E-state index contributed by atoms with van der Waals surface area (Å²) in [7, 11) is 0. The van der Waals surface area contributed by atoms with E-state index in [4.69, 9.17) is 14.3 Å². The molecular weight excluding hydrogens is 416 g/mol. The molecule has 170 valence electrons. The number of hydrogen-bond donors (Lipinski definition) is 1. The van der Waals surface area contributed by atoms with Crippen LogP contribution in [0.3, 0.4) is 0 Å². The Balaban J connectivity index is 1.74. The lowest BCUT2D eigenvalue weighted by molar-refractivity contribution is -0.137. The Bertz CT molecular complexity index is 1220. The van der Waals surface area contributed by atoms with Crippen LogP contribution in [0.15, 0.2) is 65.3 Å². The molecule has 6 nitrogen and oxygen atoms in total. The lowest BCUT2D eigenvalue weighted by atomic mass is 9.98. The van der Waals surface area contributed by atoms with Crippen LogP contribution in [-0.2, 0) is 11.2 Å². The van der Waals surface area contributed by atoms with Gasteiger partial charge in [0.25, 0.3) is 0 Å². The molecule has 2 aromatic heterocycles. The number of aromatic nitrogens is 2. The van der Waals surface area contributed by atoms with Crippen LogP contribution in [0.2, 0.25) is 0 Å². The summed E-state index contributed by atoms with van der Waals surface area (Å²) in [4.78, 5) is 19.6. The number of unbranched alkanes of at least 4 members (excludes halogenated alkanes) is 1. The first-order chi connectivity index (χ1) is 16.1. The van der Waals surface area contributed by atoms with Crippen molar-refractivity contribution in [1.82, 2.24) is 9.97 Å². The highest BCUT2D eigenvalue weighted by molar-refractivity contribution is 6.03. The molecule has 0 radical (unpaired) electrons. The molecule has 0 bridgehead atoms. The Morgan fingerprint density at radius 1 is 1.03 bits per heavy atom. The molecule has 4 rings (SSSR count). The summed E-state index contributed by atoms with van der Waals surface area (Å²) in [6.45, 7) is 4.11. The molecule has 0 saturated carbocycles. The molecule has 0 aliphatic carbocycles. The monoisotopic (exact) mass is 444 g/mol. The van der Waals surface area contributed by atoms with E-state index in [1.807, 2.05) is 37.3 Å². The minimum absolute atomic E-state index is 0.123. The van der Waals surface area contributed by atoms with Gasteiger partial charge in [0.05, 0.1) is 6.10 Å². The Kier molecular flexibility index (Phi) is 7.03. The second-order valence-corrected chi connectivity index (χ2v) is 8.15. The molecule has 0 fully saturated rings. The minimum atomic E-state index is -0.772. The molecule has 2 heterocycles. The zero-order valence-electron chi connectivity index (χ0n) is 19.0. The number of carbonyl (C=O) groups is 1. The van der Waals surface area contributed by atoms with Gasteiger partial charge in [0.15, 0.2) is 0 Å². The molecule has 6 heteroatoms. The van der Waals surface area contributed by atoms with E-state index in [1.165, 1.54) is 11.9 Å². The van der Waals surface area contributed by atoms with Crippen molar-refractivity contribution in [3.8, 4) is 28.3 Å². The van der Waals surface area contributed by atoms with E-state index in [-0.39, 0.29) is 12.5 Å². The van der Waals surface area contributed by atoms with E-state index in [0.29, 0.717) is 18.0 Å². The van der Waals surface area contributed by atoms with Crippen molar-refractivity contribution in [3.63, 3.8) is 0 Å². The standard InChI is InChI=1S/C27H28N2O4/c1-3-19-13-15-20(16-14-19)23-24-26(32-18(2)9-7-8-12-22(30)31)28-17-29-27(24)33-25(23)21-10-5-4-6-11-21/h4-6,10-11,13-18H,3,7-9,12H2,1-2H3,(H,30,31). The lowest BCUT2D eigenvalue weighted by Crippen LogP contribution is -2.13. The third kappa shape index (κ3) is 5.22. The first kappa shape index (κ1) is 22.5. The number of aryl methyl sites for hydroxylation is 1. The van der Waals surface area contributed by atoms with Gasteiger partial charge in [-0.2, -0.15) is 0 Å². The van der Waals surface area contributed by atoms with Crippen LogP contribution in [0.1, 0.15) is 45.1 Å². The molecule has 1 atom stereocenters. The summed E-state index contributed by atoms with van der Waals surface area (Å²) in [6, 6.07) is 18.4. The van der Waals surface area contributed by atoms with Crippen LogP contribution < -0.4 is 4.74 Å². The third-order valence-electron chi connectivity index (χ3n) is 5.70. The average Bonchev–Trinajstić information content (AvgIpc) is 3.23. The van der Waals surface area contributed by atoms with E-state index in [1.54, 1.807) is 0 Å². The number of benzene rings is 2. The van der Waals surface area contributed by atoms with E-state index >= 15 is 0 Å². The smallest absolute Gasteiger partial charge is 0.303 e. The summed E-state index contributed by atoms with van der Waals surface area (Å²) in [5.74, 6) is 0.437. The Labute approximate surface area is 193 Å². The van der Waals surface area contributed by atoms with Crippen LogP contribution in [0.4, 0.5) is 0 Å². The van der Waals surface area contributed by atoms with Gasteiger partial charge in [-0.3, -0.25) is 4.79 Å². The second kappa shape index (κ2) is 10.3. The van der Waals surface area contributed by atoms with Crippen molar-refractivity contribution in [3.05, 3.63) is 66.5 Å². The zero-order chi connectivity index (χ0) is 23.2. The van der Waals surface area contributed by atoms with E-state index in [0.717, 1.165) is 47.1 Å². The van der Waals surface area contributed by atoms with Crippen LogP contribution in [0, 0.1) is 0 Å². The second-order valence-electron chi connectivity index (χ2n) is 8.15. The maximum Gasteiger partial charge on any atom is 0.303 e. The number of rotatable bonds is 10. The Morgan fingerprint density at radius 3 is 2.48 bits per heavy atom. The van der Waals surface area contributed by atoms with Gasteiger partial charge in [-0.1, -0.05) is 61.5 Å². The minimum Gasteiger partial charge on any atom is -0.481 e. The van der Waals surface area contributed by atoms with E-state index < -0.39 is 5.97 Å². The topological polar surface area (TPSA) is 85.5 Å². The fraction of sp³-hybridized carbons (Fsp3) is 0.296. The van der Waals surface area contributed by atoms with Gasteiger partial charge < -0.3 is 14.3 Å². The lowest BCUT2D eigenvalue weighted by Gasteiger charge is -2.14. The number of hydrogen-bond acceptors (Lipinski definition) is 5. The number of aliphatic carboxylic acids is 1. The van der Waals surface area contributed by atoms with Gasteiger partial charge >= 0.3 is 5.97 Å². The van der Waals surface area contributed by atoms with Crippen molar-refractivity contribution in [2.24, 2.45) is 0 Å². The molecule has 0 aliphatic rings. The normalized spacial score (nSPS) is 12.1. The molecule has 0 aliphatic heterocycles. The molecule has 4 aromatic rings. The van der Waals surface area contributed by atoms with Gasteiger partial charge in [-0.05, 0) is 43.7 Å². The SMILES string of the molecule is CCc1ccc(-c2c(-c3ccccc3)oc3ncnc(OC(C)CCCCC(=O)O)c23)cc1. The maximum absolute atomic E-state index is 10.8. The van der Waals surface area contributed by atoms with Gasteiger partial charge in [0.1, 0.15) is 17.5 Å². The summed E-state index contributed by atoms with van der Waals surface area (Å²) in [5, 5.41) is 9.59. The first-order valence-corrected chi connectivity index (χ1v) is 11.4. The number of furan rings is 1. The van der Waals surface area contributed by atoms with Gasteiger partial charge in [0, 0.05) is 17.5 Å². The van der Waals surface area contributed by atoms with E-state index in [2.05, 4.69) is 41.2 Å². The van der Waals surface area contributed by atoms with Crippen molar-refractivity contribution in [2.45, 2.75) is 52.1 Å². The molecule has 2 aromatic carbocycles. The van der Waals surface area contributed by atoms with Crippen LogP contribution in [0.25, 0.3) is 33.6 Å². The first-order valence-electron chi connectivity index (χ1n) is 11.4. The van der Waals surface area contributed by atoms with Crippen molar-refractivity contribution >= 4 is 17.1 Å². The van der Waals surface area contributed by atoms with Gasteiger partial charge in [-0.15, -0.1) is 0 Å². The summed E-state index contributed by atoms with van der Waals surface area (Å²) < 4.78 is 12.5. The summed E-state index contributed by atoms with van der Waals surface area (Å²) in [5.41, 5.74) is 4.62. The van der Waals surface area contributed by atoms with Crippen molar-refractivity contribution < 1.29 is 19.1 Å². The molecule has 33 heavy (non-hydrogen) atoms. The zero-order valence-corrected chi connectivity index (χ0v) is 19.0. The number of carboxylic acid groups (broad SMARTS) is 1. The summed E-state index contributed by atoms with van der Waals surface area (Å²) >= 11 is 0. The molecule has 0 spiro atoms. The molecular formula is C27H28N2O4. The molecule has 0 amide bonds. The fourth-order valence-corrected chi connectivity index (χ4v) is 3.93. The predicted molar refractivity (Wildman–Crippen MR) is 128 cm³/mol. The third-order valence-corrected chi connectivity index (χ3v) is 5.70. The molecule has 0 saturated heterocycles. The van der Waals surface area contributed by atoms with Crippen LogP contribution in [-0.4, -0.2) is 27.1 Å². The molecule has 1 N–H and O–H groups in total. The average molecular weight is 445 g/mol. The van der Waals surface area contributed by atoms with Crippen LogP contribution >= 0.6 is 0 Å². The molecule has 1 unspecified atom stereocenters.